The Kier molecular flexibility index (Phi) is 6.50. The first-order valence-corrected chi connectivity index (χ1v) is 6.56. The van der Waals surface area contributed by atoms with Crippen molar-refractivity contribution in [1.29, 1.82) is 0 Å². The molecule has 1 heterocycles. The third kappa shape index (κ3) is 6.19. The van der Waals surface area contributed by atoms with Crippen LogP contribution in [0, 0.1) is 6.92 Å². The zero-order chi connectivity index (χ0) is 12.5. The molecule has 0 saturated heterocycles. The normalized spacial score (nSPS) is 10.9. The predicted molar refractivity (Wildman–Crippen MR) is 70.0 cm³/mol. The fourth-order valence-corrected chi connectivity index (χ4v) is 1.79. The molecule has 1 aromatic heterocycles. The Labute approximate surface area is 106 Å². The standard InChI is InChI=1S/C12H18N2O2S/c1-3-16-8-4-7-13-12(15)6-5-11-9-17-10(2)14-11/h5-6,9H,3-4,7-8H2,1-2H3,(H,13,15)/b6-5+. The summed E-state index contributed by atoms with van der Waals surface area (Å²) in [6.45, 7) is 5.94. The number of nitrogens with one attached hydrogen (secondary N) is 1. The molecule has 0 spiro atoms. The summed E-state index contributed by atoms with van der Waals surface area (Å²) in [6.07, 6.45) is 4.07. The molecule has 1 aromatic rings. The Bertz CT molecular complexity index is 374. The molecule has 0 aliphatic heterocycles. The van der Waals surface area contributed by atoms with E-state index in [-0.39, 0.29) is 5.91 Å². The van der Waals surface area contributed by atoms with Crippen LogP contribution < -0.4 is 5.32 Å². The average molecular weight is 254 g/mol. The lowest BCUT2D eigenvalue weighted by molar-refractivity contribution is -0.116. The topological polar surface area (TPSA) is 51.2 Å². The van der Waals surface area contributed by atoms with Gasteiger partial charge < -0.3 is 10.1 Å². The van der Waals surface area contributed by atoms with Crippen LogP contribution in [-0.4, -0.2) is 30.6 Å². The van der Waals surface area contributed by atoms with Gasteiger partial charge in [0.25, 0.3) is 0 Å². The van der Waals surface area contributed by atoms with E-state index in [1.807, 2.05) is 19.2 Å². The van der Waals surface area contributed by atoms with E-state index in [2.05, 4.69) is 10.3 Å². The Balaban J connectivity index is 2.18. The summed E-state index contributed by atoms with van der Waals surface area (Å²) in [5, 5.41) is 5.71. The number of nitrogens with zero attached hydrogens (tertiary/aromatic N) is 1. The summed E-state index contributed by atoms with van der Waals surface area (Å²) in [6, 6.07) is 0. The SMILES string of the molecule is CCOCCCNC(=O)/C=C/c1csc(C)n1. The summed E-state index contributed by atoms with van der Waals surface area (Å²) < 4.78 is 5.17. The smallest absolute Gasteiger partial charge is 0.244 e. The Morgan fingerprint density at radius 1 is 1.65 bits per heavy atom. The van der Waals surface area contributed by atoms with Crippen LogP contribution in [0.3, 0.4) is 0 Å². The van der Waals surface area contributed by atoms with Gasteiger partial charge in [0.1, 0.15) is 0 Å². The number of rotatable bonds is 7. The van der Waals surface area contributed by atoms with Crippen LogP contribution >= 0.6 is 11.3 Å². The lowest BCUT2D eigenvalue weighted by Crippen LogP contribution is -2.23. The second-order valence-electron chi connectivity index (χ2n) is 3.47. The van der Waals surface area contributed by atoms with Crippen molar-refractivity contribution in [2.75, 3.05) is 19.8 Å². The van der Waals surface area contributed by atoms with Crippen molar-refractivity contribution in [2.45, 2.75) is 20.3 Å². The second kappa shape index (κ2) is 7.97. The highest BCUT2D eigenvalue weighted by Crippen LogP contribution is 2.08. The minimum absolute atomic E-state index is 0.0906. The molecule has 0 aliphatic carbocycles. The average Bonchev–Trinajstić information content (AvgIpc) is 2.72. The molecule has 5 heteroatoms. The molecule has 1 amide bonds. The lowest BCUT2D eigenvalue weighted by Gasteiger charge is -2.01. The molecule has 0 fully saturated rings. The van der Waals surface area contributed by atoms with E-state index >= 15 is 0 Å². The highest BCUT2D eigenvalue weighted by atomic mass is 32.1. The van der Waals surface area contributed by atoms with Crippen LogP contribution in [0.1, 0.15) is 24.0 Å². The van der Waals surface area contributed by atoms with E-state index < -0.39 is 0 Å². The first-order valence-electron chi connectivity index (χ1n) is 5.68. The maximum absolute atomic E-state index is 11.4. The van der Waals surface area contributed by atoms with Crippen molar-refractivity contribution in [3.05, 3.63) is 22.2 Å². The van der Waals surface area contributed by atoms with E-state index in [9.17, 15) is 4.79 Å². The molecule has 0 aliphatic rings. The molecule has 0 bridgehead atoms. The summed E-state index contributed by atoms with van der Waals surface area (Å²) in [5.74, 6) is -0.0906. The van der Waals surface area contributed by atoms with Crippen LogP contribution in [0.25, 0.3) is 6.08 Å². The summed E-state index contributed by atoms with van der Waals surface area (Å²) in [5.41, 5.74) is 0.831. The molecular formula is C12H18N2O2S. The number of amides is 1. The molecule has 0 atom stereocenters. The number of carbonyl (C=O) groups excluding carboxylic acids is 1. The summed E-state index contributed by atoms with van der Waals surface area (Å²) in [7, 11) is 0. The highest BCUT2D eigenvalue weighted by molar-refractivity contribution is 7.09. The third-order valence-corrected chi connectivity index (χ3v) is 2.80. The monoisotopic (exact) mass is 254 g/mol. The van der Waals surface area contributed by atoms with Gasteiger partial charge in [0.05, 0.1) is 10.7 Å². The third-order valence-electron chi connectivity index (χ3n) is 2.01. The molecular weight excluding hydrogens is 236 g/mol. The summed E-state index contributed by atoms with van der Waals surface area (Å²) in [4.78, 5) is 15.6. The molecule has 94 valence electrons. The minimum atomic E-state index is -0.0906. The second-order valence-corrected chi connectivity index (χ2v) is 4.53. The molecule has 17 heavy (non-hydrogen) atoms. The number of ether oxygens (including phenoxy) is 1. The van der Waals surface area contributed by atoms with Crippen LogP contribution in [-0.2, 0) is 9.53 Å². The van der Waals surface area contributed by atoms with Crippen molar-refractivity contribution in [3.8, 4) is 0 Å². The number of aryl methyl sites for hydroxylation is 1. The van der Waals surface area contributed by atoms with Gasteiger partial charge in [-0.05, 0) is 26.3 Å². The number of hydrogen-bond donors (Lipinski definition) is 1. The largest absolute Gasteiger partial charge is 0.382 e. The van der Waals surface area contributed by atoms with Gasteiger partial charge in [-0.15, -0.1) is 11.3 Å². The first kappa shape index (κ1) is 13.9. The van der Waals surface area contributed by atoms with Gasteiger partial charge in [-0.3, -0.25) is 4.79 Å². The van der Waals surface area contributed by atoms with E-state index in [4.69, 9.17) is 4.74 Å². The first-order chi connectivity index (χ1) is 8.22. The van der Waals surface area contributed by atoms with Crippen LogP contribution in [0.5, 0.6) is 0 Å². The van der Waals surface area contributed by atoms with Gasteiger partial charge in [-0.1, -0.05) is 0 Å². The Hall–Kier alpha value is -1.20. The van der Waals surface area contributed by atoms with E-state index in [1.165, 1.54) is 6.08 Å². The molecule has 0 saturated carbocycles. The van der Waals surface area contributed by atoms with Crippen molar-refractivity contribution >= 4 is 23.3 Å². The van der Waals surface area contributed by atoms with Crippen molar-refractivity contribution in [1.82, 2.24) is 10.3 Å². The highest BCUT2D eigenvalue weighted by Gasteiger charge is 1.96. The number of aromatic nitrogens is 1. The van der Waals surface area contributed by atoms with Crippen molar-refractivity contribution in [3.63, 3.8) is 0 Å². The number of hydrogen-bond acceptors (Lipinski definition) is 4. The van der Waals surface area contributed by atoms with Crippen molar-refractivity contribution < 1.29 is 9.53 Å². The molecule has 0 radical (unpaired) electrons. The quantitative estimate of drug-likeness (QED) is 0.598. The van der Waals surface area contributed by atoms with Gasteiger partial charge in [0, 0.05) is 31.2 Å². The fourth-order valence-electron chi connectivity index (χ4n) is 1.21. The molecule has 0 aromatic carbocycles. The van der Waals surface area contributed by atoms with E-state index in [0.717, 1.165) is 23.7 Å². The maximum Gasteiger partial charge on any atom is 0.244 e. The van der Waals surface area contributed by atoms with E-state index in [0.29, 0.717) is 13.2 Å². The Morgan fingerprint density at radius 3 is 3.12 bits per heavy atom. The molecule has 1 N–H and O–H groups in total. The fraction of sp³-hybridized carbons (Fsp3) is 0.500. The Morgan fingerprint density at radius 2 is 2.47 bits per heavy atom. The number of thiazole rings is 1. The van der Waals surface area contributed by atoms with Crippen LogP contribution in [0.15, 0.2) is 11.5 Å². The van der Waals surface area contributed by atoms with Crippen LogP contribution in [0.4, 0.5) is 0 Å². The number of carbonyl (C=O) groups is 1. The van der Waals surface area contributed by atoms with Crippen molar-refractivity contribution in [2.24, 2.45) is 0 Å². The zero-order valence-corrected chi connectivity index (χ0v) is 11.0. The van der Waals surface area contributed by atoms with Gasteiger partial charge in [-0.25, -0.2) is 4.98 Å². The van der Waals surface area contributed by atoms with Gasteiger partial charge in [0.15, 0.2) is 0 Å². The molecule has 4 nitrogen and oxygen atoms in total. The molecule has 0 unspecified atom stereocenters. The van der Waals surface area contributed by atoms with Crippen LogP contribution in [0.2, 0.25) is 0 Å². The molecule has 1 rings (SSSR count). The zero-order valence-electron chi connectivity index (χ0n) is 10.2. The predicted octanol–water partition coefficient (Wildman–Crippen LogP) is 2.01. The van der Waals surface area contributed by atoms with E-state index in [1.54, 1.807) is 17.4 Å². The van der Waals surface area contributed by atoms with Gasteiger partial charge in [-0.2, -0.15) is 0 Å². The summed E-state index contributed by atoms with van der Waals surface area (Å²) >= 11 is 1.57. The van der Waals surface area contributed by atoms with Gasteiger partial charge in [0.2, 0.25) is 5.91 Å². The van der Waals surface area contributed by atoms with Gasteiger partial charge >= 0.3 is 0 Å². The lowest BCUT2D eigenvalue weighted by atomic mass is 10.4. The minimum Gasteiger partial charge on any atom is -0.382 e. The maximum atomic E-state index is 11.4.